The third-order valence-corrected chi connectivity index (χ3v) is 2.22. The Labute approximate surface area is 88.0 Å². The minimum absolute atomic E-state index is 0.151. The molecule has 0 saturated heterocycles. The van der Waals surface area contributed by atoms with Gasteiger partial charge in [0.25, 0.3) is 0 Å². The molecule has 0 aliphatic heterocycles. The van der Waals surface area contributed by atoms with Gasteiger partial charge < -0.3 is 4.42 Å². The maximum atomic E-state index is 11.6. The second-order valence-electron chi connectivity index (χ2n) is 2.80. The summed E-state index contributed by atoms with van der Waals surface area (Å²) in [5, 5.41) is 10.2. The van der Waals surface area contributed by atoms with E-state index in [0.717, 1.165) is 0 Å². The van der Waals surface area contributed by atoms with Crippen molar-refractivity contribution in [3.63, 3.8) is 0 Å². The van der Waals surface area contributed by atoms with E-state index < -0.39 is 21.3 Å². The maximum absolute atomic E-state index is 11.6. The van der Waals surface area contributed by atoms with Gasteiger partial charge in [-0.1, -0.05) is 23.7 Å². The van der Waals surface area contributed by atoms with Crippen LogP contribution in [0.25, 0.3) is 11.0 Å². The van der Waals surface area contributed by atoms with Gasteiger partial charge in [-0.05, 0) is 12.1 Å². The molecule has 1 heterocycles. The molecule has 0 fully saturated rings. The molecule has 0 aliphatic carbocycles. The highest BCUT2D eigenvalue weighted by molar-refractivity contribution is 6.32. The molecule has 76 valence electrons. The molecule has 6 heteroatoms. The number of nitro groups is 1. The first-order valence-electron chi connectivity index (χ1n) is 3.97. The van der Waals surface area contributed by atoms with Gasteiger partial charge in [0, 0.05) is 0 Å². The topological polar surface area (TPSA) is 73.3 Å². The third kappa shape index (κ3) is 1.46. The lowest BCUT2D eigenvalue weighted by Crippen LogP contribution is -2.05. The maximum Gasteiger partial charge on any atom is 0.456 e. The molecule has 0 aliphatic rings. The van der Waals surface area contributed by atoms with Crippen molar-refractivity contribution in [2.45, 2.75) is 0 Å². The molecule has 15 heavy (non-hydrogen) atoms. The Bertz CT molecular complexity index is 605. The van der Waals surface area contributed by atoms with E-state index in [-0.39, 0.29) is 11.0 Å². The highest BCUT2D eigenvalue weighted by Crippen LogP contribution is 2.24. The molecule has 0 spiro atoms. The van der Waals surface area contributed by atoms with Crippen LogP contribution in [0.5, 0.6) is 0 Å². The molecule has 2 rings (SSSR count). The fraction of sp³-hybridized carbons (Fsp3) is 0. The van der Waals surface area contributed by atoms with Crippen LogP contribution in [0.4, 0.5) is 5.88 Å². The molecule has 5 nitrogen and oxygen atoms in total. The van der Waals surface area contributed by atoms with Gasteiger partial charge in [-0.25, -0.2) is 0 Å². The highest BCUT2D eigenvalue weighted by atomic mass is 35.5. The molecule has 1 aromatic heterocycles. The standard InChI is InChI=1S/C9H4ClNO4/c10-7-8(12)5-3-1-2-4-6(5)15-9(7)11(13)14/h1-4H. The lowest BCUT2D eigenvalue weighted by atomic mass is 10.2. The van der Waals surface area contributed by atoms with Gasteiger partial charge in [0.1, 0.15) is 10.5 Å². The largest absolute Gasteiger partial charge is 0.456 e. The first-order valence-corrected chi connectivity index (χ1v) is 4.35. The molecule has 0 saturated carbocycles. The van der Waals surface area contributed by atoms with Crippen LogP contribution in [-0.2, 0) is 0 Å². The monoisotopic (exact) mass is 225 g/mol. The van der Waals surface area contributed by atoms with E-state index in [1.165, 1.54) is 12.1 Å². The predicted octanol–water partition coefficient (Wildman–Crippen LogP) is 2.35. The van der Waals surface area contributed by atoms with Gasteiger partial charge in [0.05, 0.1) is 5.39 Å². The second-order valence-corrected chi connectivity index (χ2v) is 3.18. The summed E-state index contributed by atoms with van der Waals surface area (Å²) in [7, 11) is 0. The van der Waals surface area contributed by atoms with Crippen LogP contribution < -0.4 is 5.43 Å². The average molecular weight is 226 g/mol. The Hall–Kier alpha value is -1.88. The lowest BCUT2D eigenvalue weighted by molar-refractivity contribution is -0.402. The lowest BCUT2D eigenvalue weighted by Gasteiger charge is -1.97. The van der Waals surface area contributed by atoms with E-state index >= 15 is 0 Å². The van der Waals surface area contributed by atoms with Crippen molar-refractivity contribution in [3.8, 4) is 0 Å². The summed E-state index contributed by atoms with van der Waals surface area (Å²) in [5.74, 6) is -0.722. The quantitative estimate of drug-likeness (QED) is 0.552. The van der Waals surface area contributed by atoms with Crippen molar-refractivity contribution in [2.75, 3.05) is 0 Å². The zero-order chi connectivity index (χ0) is 11.0. The Morgan fingerprint density at radius 2 is 2.00 bits per heavy atom. The van der Waals surface area contributed by atoms with Crippen LogP contribution in [0.1, 0.15) is 0 Å². The van der Waals surface area contributed by atoms with Crippen molar-refractivity contribution < 1.29 is 9.34 Å². The highest BCUT2D eigenvalue weighted by Gasteiger charge is 2.21. The number of nitrogens with zero attached hydrogens (tertiary/aromatic N) is 1. The van der Waals surface area contributed by atoms with Crippen LogP contribution in [0.2, 0.25) is 5.02 Å². The SMILES string of the molecule is O=c1c(Cl)c([N+](=O)[O-])oc2ccccc12. The van der Waals surface area contributed by atoms with E-state index in [0.29, 0.717) is 0 Å². The van der Waals surface area contributed by atoms with Gasteiger partial charge in [0.2, 0.25) is 10.5 Å². The predicted molar refractivity (Wildman–Crippen MR) is 54.1 cm³/mol. The van der Waals surface area contributed by atoms with Crippen molar-refractivity contribution in [1.82, 2.24) is 0 Å². The van der Waals surface area contributed by atoms with E-state index in [1.807, 2.05) is 0 Å². The number of hydrogen-bond donors (Lipinski definition) is 0. The zero-order valence-electron chi connectivity index (χ0n) is 7.27. The van der Waals surface area contributed by atoms with Gasteiger partial charge in [0.15, 0.2) is 0 Å². The van der Waals surface area contributed by atoms with E-state index in [9.17, 15) is 14.9 Å². The van der Waals surface area contributed by atoms with Gasteiger partial charge in [-0.15, -0.1) is 0 Å². The Morgan fingerprint density at radius 3 is 2.67 bits per heavy atom. The minimum atomic E-state index is -0.823. The number of halogens is 1. The summed E-state index contributed by atoms with van der Waals surface area (Å²) in [6.07, 6.45) is 0. The van der Waals surface area contributed by atoms with Crippen LogP contribution in [0.15, 0.2) is 33.5 Å². The van der Waals surface area contributed by atoms with Crippen LogP contribution in [-0.4, -0.2) is 4.92 Å². The van der Waals surface area contributed by atoms with Gasteiger partial charge in [-0.3, -0.25) is 14.9 Å². The molecule has 0 atom stereocenters. The van der Waals surface area contributed by atoms with E-state index in [1.54, 1.807) is 12.1 Å². The Balaban J connectivity index is 2.95. The summed E-state index contributed by atoms with van der Waals surface area (Å²) < 4.78 is 4.90. The van der Waals surface area contributed by atoms with Crippen molar-refractivity contribution >= 4 is 28.5 Å². The van der Waals surface area contributed by atoms with Crippen molar-refractivity contribution in [2.24, 2.45) is 0 Å². The molecule has 0 radical (unpaired) electrons. The first-order chi connectivity index (χ1) is 7.11. The van der Waals surface area contributed by atoms with E-state index in [2.05, 4.69) is 0 Å². The Morgan fingerprint density at radius 1 is 1.33 bits per heavy atom. The van der Waals surface area contributed by atoms with Crippen LogP contribution >= 0.6 is 11.6 Å². The molecular formula is C9H4ClNO4. The smallest absolute Gasteiger partial charge is 0.399 e. The number of para-hydroxylation sites is 1. The van der Waals surface area contributed by atoms with Gasteiger partial charge in [-0.2, -0.15) is 0 Å². The molecule has 0 bridgehead atoms. The van der Waals surface area contributed by atoms with Crippen molar-refractivity contribution in [1.29, 1.82) is 0 Å². The fourth-order valence-electron chi connectivity index (χ4n) is 1.22. The number of benzene rings is 1. The summed E-state index contributed by atoms with van der Waals surface area (Å²) in [6, 6.07) is 6.21. The van der Waals surface area contributed by atoms with Crippen molar-refractivity contribution in [3.05, 3.63) is 49.6 Å². The van der Waals surface area contributed by atoms with Crippen LogP contribution in [0.3, 0.4) is 0 Å². The number of rotatable bonds is 1. The summed E-state index contributed by atoms with van der Waals surface area (Å²) in [5.41, 5.74) is -0.441. The summed E-state index contributed by atoms with van der Waals surface area (Å²) in [4.78, 5) is 21.2. The fourth-order valence-corrected chi connectivity index (χ4v) is 1.43. The first kappa shape index (κ1) is 9.67. The summed E-state index contributed by atoms with van der Waals surface area (Å²) >= 11 is 5.52. The van der Waals surface area contributed by atoms with Gasteiger partial charge >= 0.3 is 5.88 Å². The molecule has 0 amide bonds. The average Bonchev–Trinajstić information content (AvgIpc) is 2.23. The zero-order valence-corrected chi connectivity index (χ0v) is 8.02. The second kappa shape index (κ2) is 3.36. The molecule has 1 aromatic carbocycles. The summed E-state index contributed by atoms with van der Waals surface area (Å²) in [6.45, 7) is 0. The number of fused-ring (bicyclic) bond motifs is 1. The molecule has 2 aromatic rings. The molecule has 0 unspecified atom stereocenters. The van der Waals surface area contributed by atoms with E-state index in [4.69, 9.17) is 16.0 Å². The van der Waals surface area contributed by atoms with Crippen LogP contribution in [0, 0.1) is 10.1 Å². The normalized spacial score (nSPS) is 10.5. The molecule has 0 N–H and O–H groups in total. The molecular weight excluding hydrogens is 222 g/mol. The third-order valence-electron chi connectivity index (χ3n) is 1.89. The number of hydrogen-bond acceptors (Lipinski definition) is 4. The Kier molecular flexibility index (Phi) is 2.17. The minimum Gasteiger partial charge on any atom is -0.399 e.